The Bertz CT molecular complexity index is 316. The highest BCUT2D eigenvalue weighted by molar-refractivity contribution is 9.10. The molecule has 0 aromatic heterocycles. The predicted molar refractivity (Wildman–Crippen MR) is 65.6 cm³/mol. The van der Waals surface area contributed by atoms with Gasteiger partial charge in [0, 0.05) is 20.7 Å². The van der Waals surface area contributed by atoms with E-state index in [1.54, 1.807) is 0 Å². The Morgan fingerprint density at radius 3 is 2.86 bits per heavy atom. The lowest BCUT2D eigenvalue weighted by Crippen LogP contribution is -2.26. The van der Waals surface area contributed by atoms with E-state index in [0.29, 0.717) is 11.3 Å². The average molecular weight is 272 g/mol. The molecule has 2 N–H and O–H groups in total. The summed E-state index contributed by atoms with van der Waals surface area (Å²) in [5.41, 5.74) is 6.03. The van der Waals surface area contributed by atoms with E-state index in [1.807, 2.05) is 11.8 Å². The summed E-state index contributed by atoms with van der Waals surface area (Å²) in [4.78, 5) is 1.32. The molecule has 1 nitrogen and oxygen atoms in total. The van der Waals surface area contributed by atoms with Gasteiger partial charge < -0.3 is 5.73 Å². The Morgan fingerprint density at radius 1 is 1.36 bits per heavy atom. The van der Waals surface area contributed by atoms with Gasteiger partial charge in [-0.2, -0.15) is 0 Å². The lowest BCUT2D eigenvalue weighted by Gasteiger charge is -2.14. The summed E-state index contributed by atoms with van der Waals surface area (Å²) in [7, 11) is 0. The lowest BCUT2D eigenvalue weighted by atomic mass is 10.3. The summed E-state index contributed by atoms with van der Waals surface area (Å²) in [6, 6.07) is 8.83. The fourth-order valence-corrected chi connectivity index (χ4v) is 3.66. The summed E-state index contributed by atoms with van der Waals surface area (Å²) in [5, 5.41) is 0.615. The Balaban J connectivity index is 2.03. The molecule has 1 aromatic rings. The van der Waals surface area contributed by atoms with Crippen molar-refractivity contribution in [2.24, 2.45) is 5.73 Å². The van der Waals surface area contributed by atoms with Gasteiger partial charge in [0.05, 0.1) is 0 Å². The van der Waals surface area contributed by atoms with E-state index in [-0.39, 0.29) is 0 Å². The monoisotopic (exact) mass is 271 g/mol. The van der Waals surface area contributed by atoms with E-state index >= 15 is 0 Å². The number of hydrogen-bond donors (Lipinski definition) is 1. The number of hydrogen-bond acceptors (Lipinski definition) is 2. The Hall–Kier alpha value is 0.01000. The van der Waals surface area contributed by atoms with Crippen LogP contribution < -0.4 is 5.73 Å². The van der Waals surface area contributed by atoms with Crippen LogP contribution in [-0.2, 0) is 0 Å². The van der Waals surface area contributed by atoms with Crippen LogP contribution in [0.15, 0.2) is 33.6 Å². The second-order valence-corrected chi connectivity index (χ2v) is 5.94. The van der Waals surface area contributed by atoms with Gasteiger partial charge in [0.25, 0.3) is 0 Å². The van der Waals surface area contributed by atoms with Crippen molar-refractivity contribution in [3.63, 3.8) is 0 Å². The minimum Gasteiger partial charge on any atom is -0.327 e. The van der Waals surface area contributed by atoms with E-state index in [0.717, 1.165) is 4.47 Å². The van der Waals surface area contributed by atoms with Crippen LogP contribution in [0.5, 0.6) is 0 Å². The first-order chi connectivity index (χ1) is 6.75. The highest BCUT2D eigenvalue weighted by atomic mass is 79.9. The SMILES string of the molecule is NC1CCCC1Sc1cccc(Br)c1. The number of benzene rings is 1. The van der Waals surface area contributed by atoms with Gasteiger partial charge in [-0.1, -0.05) is 28.4 Å². The number of thioether (sulfide) groups is 1. The molecule has 0 saturated heterocycles. The average Bonchev–Trinajstić information content (AvgIpc) is 2.52. The van der Waals surface area contributed by atoms with Crippen molar-refractivity contribution in [2.45, 2.75) is 35.4 Å². The van der Waals surface area contributed by atoms with E-state index in [1.165, 1.54) is 24.2 Å². The minimum atomic E-state index is 0.388. The highest BCUT2D eigenvalue weighted by Crippen LogP contribution is 2.34. The third kappa shape index (κ3) is 2.53. The molecular weight excluding hydrogens is 258 g/mol. The van der Waals surface area contributed by atoms with Gasteiger partial charge in [0.1, 0.15) is 0 Å². The normalized spacial score (nSPS) is 26.7. The molecule has 1 aliphatic carbocycles. The molecule has 2 rings (SSSR count). The van der Waals surface area contributed by atoms with Crippen LogP contribution in [0.3, 0.4) is 0 Å². The quantitative estimate of drug-likeness (QED) is 0.892. The zero-order chi connectivity index (χ0) is 9.97. The highest BCUT2D eigenvalue weighted by Gasteiger charge is 2.24. The Kier molecular flexibility index (Phi) is 3.52. The van der Waals surface area contributed by atoms with Crippen molar-refractivity contribution in [2.75, 3.05) is 0 Å². The summed E-state index contributed by atoms with van der Waals surface area (Å²) in [5.74, 6) is 0. The summed E-state index contributed by atoms with van der Waals surface area (Å²) in [6.07, 6.45) is 3.73. The van der Waals surface area contributed by atoms with Crippen molar-refractivity contribution in [1.29, 1.82) is 0 Å². The van der Waals surface area contributed by atoms with Crippen LogP contribution >= 0.6 is 27.7 Å². The maximum absolute atomic E-state index is 6.03. The van der Waals surface area contributed by atoms with Crippen LogP contribution in [0.4, 0.5) is 0 Å². The second-order valence-electron chi connectivity index (χ2n) is 3.71. The molecule has 2 unspecified atom stereocenters. The van der Waals surface area contributed by atoms with Crippen molar-refractivity contribution in [3.05, 3.63) is 28.7 Å². The first-order valence-electron chi connectivity index (χ1n) is 4.93. The number of nitrogens with two attached hydrogens (primary N) is 1. The van der Waals surface area contributed by atoms with Gasteiger partial charge in [-0.3, -0.25) is 0 Å². The van der Waals surface area contributed by atoms with E-state index in [9.17, 15) is 0 Å². The third-order valence-corrected chi connectivity index (χ3v) is 4.49. The molecule has 1 aromatic carbocycles. The molecular formula is C11H14BrNS. The van der Waals surface area contributed by atoms with Crippen LogP contribution in [0, 0.1) is 0 Å². The first-order valence-corrected chi connectivity index (χ1v) is 6.61. The van der Waals surface area contributed by atoms with E-state index in [4.69, 9.17) is 5.73 Å². The van der Waals surface area contributed by atoms with Crippen molar-refractivity contribution < 1.29 is 0 Å². The fraction of sp³-hybridized carbons (Fsp3) is 0.455. The van der Waals surface area contributed by atoms with Crippen LogP contribution in [0.1, 0.15) is 19.3 Å². The van der Waals surface area contributed by atoms with Crippen molar-refractivity contribution >= 4 is 27.7 Å². The number of rotatable bonds is 2. The van der Waals surface area contributed by atoms with Crippen LogP contribution in [-0.4, -0.2) is 11.3 Å². The Labute approximate surface area is 97.6 Å². The fourth-order valence-electron chi connectivity index (χ4n) is 1.82. The van der Waals surface area contributed by atoms with Crippen LogP contribution in [0.25, 0.3) is 0 Å². The summed E-state index contributed by atoms with van der Waals surface area (Å²) >= 11 is 5.40. The van der Waals surface area contributed by atoms with E-state index < -0.39 is 0 Å². The topological polar surface area (TPSA) is 26.0 Å². The van der Waals surface area contributed by atoms with Crippen LogP contribution in [0.2, 0.25) is 0 Å². The maximum atomic E-state index is 6.03. The van der Waals surface area contributed by atoms with Gasteiger partial charge in [0.15, 0.2) is 0 Å². The zero-order valence-electron chi connectivity index (χ0n) is 7.95. The van der Waals surface area contributed by atoms with Gasteiger partial charge in [-0.25, -0.2) is 0 Å². The molecule has 0 radical (unpaired) electrons. The molecule has 1 saturated carbocycles. The van der Waals surface area contributed by atoms with Gasteiger partial charge in [-0.15, -0.1) is 11.8 Å². The number of halogens is 1. The smallest absolute Gasteiger partial charge is 0.0246 e. The van der Waals surface area contributed by atoms with Gasteiger partial charge in [0.2, 0.25) is 0 Å². The van der Waals surface area contributed by atoms with Gasteiger partial charge in [-0.05, 0) is 31.0 Å². The zero-order valence-corrected chi connectivity index (χ0v) is 10.4. The molecule has 1 fully saturated rings. The first kappa shape index (κ1) is 10.5. The molecule has 0 amide bonds. The van der Waals surface area contributed by atoms with Crippen molar-refractivity contribution in [1.82, 2.24) is 0 Å². The van der Waals surface area contributed by atoms with Crippen molar-refractivity contribution in [3.8, 4) is 0 Å². The second kappa shape index (κ2) is 4.69. The molecule has 76 valence electrons. The molecule has 0 aliphatic heterocycles. The molecule has 2 atom stereocenters. The maximum Gasteiger partial charge on any atom is 0.0246 e. The molecule has 0 bridgehead atoms. The largest absolute Gasteiger partial charge is 0.327 e. The molecule has 3 heteroatoms. The standard InChI is InChI=1S/C11H14BrNS/c12-8-3-1-4-9(7-8)14-11-6-2-5-10(11)13/h1,3-4,7,10-11H,2,5-6,13H2. The molecule has 1 aliphatic rings. The Morgan fingerprint density at radius 2 is 2.21 bits per heavy atom. The summed E-state index contributed by atoms with van der Waals surface area (Å²) < 4.78 is 1.15. The predicted octanol–water partition coefficient (Wildman–Crippen LogP) is 3.42. The molecule has 14 heavy (non-hydrogen) atoms. The molecule has 0 spiro atoms. The lowest BCUT2D eigenvalue weighted by molar-refractivity contribution is 0.716. The van der Waals surface area contributed by atoms with E-state index in [2.05, 4.69) is 40.2 Å². The third-order valence-electron chi connectivity index (χ3n) is 2.59. The molecule has 0 heterocycles. The summed E-state index contributed by atoms with van der Waals surface area (Å²) in [6.45, 7) is 0. The minimum absolute atomic E-state index is 0.388. The van der Waals surface area contributed by atoms with Gasteiger partial charge >= 0.3 is 0 Å².